The lowest BCUT2D eigenvalue weighted by Gasteiger charge is -2.38. The first-order valence-electron chi connectivity index (χ1n) is 13.5. The van der Waals surface area contributed by atoms with E-state index in [0.717, 1.165) is 67.1 Å². The minimum atomic E-state index is -4.73. The molecule has 0 aromatic heterocycles. The number of Topliss-reactive ketones (excluding diaryl/α,β-unsaturated/α-hetero) is 1. The monoisotopic (exact) mass is 568 g/mol. The van der Waals surface area contributed by atoms with Crippen LogP contribution in [0, 0.1) is 0 Å². The van der Waals surface area contributed by atoms with Crippen molar-refractivity contribution in [3.8, 4) is 0 Å². The van der Waals surface area contributed by atoms with Crippen LogP contribution in [0.5, 0.6) is 0 Å². The molecule has 2 aromatic carbocycles. The summed E-state index contributed by atoms with van der Waals surface area (Å²) in [6.45, 7) is 3.29. The van der Waals surface area contributed by atoms with Gasteiger partial charge in [0.1, 0.15) is 18.8 Å². The molecule has 10 heteroatoms. The van der Waals surface area contributed by atoms with Gasteiger partial charge in [-0.05, 0) is 79.8 Å². The molecule has 4 rings (SSSR count). The maximum Gasteiger partial charge on any atom is 0.416 e. The molecule has 0 saturated carbocycles. The fourth-order valence-corrected chi connectivity index (χ4v) is 7.43. The number of carbonyl (C=O) groups is 1. The van der Waals surface area contributed by atoms with E-state index in [1.54, 1.807) is 0 Å². The molecule has 39 heavy (non-hydrogen) atoms. The van der Waals surface area contributed by atoms with E-state index >= 15 is 0 Å². The van der Waals surface area contributed by atoms with E-state index in [9.17, 15) is 36.6 Å². The second kappa shape index (κ2) is 11.7. The van der Waals surface area contributed by atoms with Gasteiger partial charge in [0, 0.05) is 12.0 Å². The van der Waals surface area contributed by atoms with Gasteiger partial charge in [0.15, 0.2) is 15.6 Å². The number of piperidine rings is 1. The SMILES string of the molecule is C[N+]1(Cc2ccc3c(c2)CCC[C@H]3CC(=O)[C@@H](O)[C@@H](O)CS(=O)(=O)c2cccc(C(F)(F)F)c2)CCCCC1. The van der Waals surface area contributed by atoms with Crippen molar-refractivity contribution in [1.82, 2.24) is 0 Å². The van der Waals surface area contributed by atoms with Crippen molar-refractivity contribution in [2.24, 2.45) is 0 Å². The molecular formula is C29H37F3NO5S+. The van der Waals surface area contributed by atoms with Crippen LogP contribution in [0.15, 0.2) is 47.4 Å². The number of fused-ring (bicyclic) bond motifs is 1. The summed E-state index contributed by atoms with van der Waals surface area (Å²) in [5, 5.41) is 20.8. The van der Waals surface area contributed by atoms with Gasteiger partial charge in [0.05, 0.1) is 36.3 Å². The summed E-state index contributed by atoms with van der Waals surface area (Å²) >= 11 is 0. The molecule has 1 aliphatic carbocycles. The fourth-order valence-electron chi connectivity index (χ4n) is 6.01. The molecule has 3 atom stereocenters. The number of sulfone groups is 1. The van der Waals surface area contributed by atoms with Crippen molar-refractivity contribution in [2.75, 3.05) is 25.9 Å². The minimum absolute atomic E-state index is 0.0536. The van der Waals surface area contributed by atoms with Crippen molar-refractivity contribution in [2.45, 2.75) is 80.7 Å². The number of aliphatic hydroxyl groups is 2. The molecule has 214 valence electrons. The molecule has 1 aliphatic heterocycles. The molecule has 0 bridgehead atoms. The lowest BCUT2D eigenvalue weighted by Crippen LogP contribution is -2.46. The predicted octanol–water partition coefficient (Wildman–Crippen LogP) is 4.41. The molecular weight excluding hydrogens is 531 g/mol. The number of nitrogens with zero attached hydrogens (tertiary/aromatic N) is 1. The molecule has 0 radical (unpaired) electrons. The van der Waals surface area contributed by atoms with Crippen molar-refractivity contribution in [1.29, 1.82) is 0 Å². The minimum Gasteiger partial charge on any atom is -0.389 e. The van der Waals surface area contributed by atoms with Gasteiger partial charge in [-0.25, -0.2) is 8.42 Å². The Morgan fingerprint density at radius 1 is 1.05 bits per heavy atom. The average molecular weight is 569 g/mol. The van der Waals surface area contributed by atoms with Gasteiger partial charge >= 0.3 is 6.18 Å². The third kappa shape index (κ3) is 7.28. The summed E-state index contributed by atoms with van der Waals surface area (Å²) < 4.78 is 65.3. The van der Waals surface area contributed by atoms with Crippen LogP contribution < -0.4 is 0 Å². The number of benzene rings is 2. The predicted molar refractivity (Wildman–Crippen MR) is 141 cm³/mol. The van der Waals surface area contributed by atoms with Crippen LogP contribution in [0.1, 0.15) is 66.7 Å². The molecule has 0 amide bonds. The normalized spacial score (nSPS) is 21.1. The number of aliphatic hydroxyl groups excluding tert-OH is 2. The summed E-state index contributed by atoms with van der Waals surface area (Å²) in [6, 6.07) is 9.56. The molecule has 6 nitrogen and oxygen atoms in total. The van der Waals surface area contributed by atoms with E-state index < -0.39 is 50.2 Å². The Balaban J connectivity index is 1.40. The quantitative estimate of drug-likeness (QED) is 0.438. The summed E-state index contributed by atoms with van der Waals surface area (Å²) in [6.07, 6.45) is -2.44. The third-order valence-electron chi connectivity index (χ3n) is 8.16. The number of aryl methyl sites for hydroxylation is 1. The second-order valence-electron chi connectivity index (χ2n) is 11.4. The van der Waals surface area contributed by atoms with Crippen LogP contribution in [0.3, 0.4) is 0 Å². The molecule has 1 fully saturated rings. The molecule has 1 saturated heterocycles. The van der Waals surface area contributed by atoms with Gasteiger partial charge in [-0.3, -0.25) is 4.79 Å². The number of alkyl halides is 3. The van der Waals surface area contributed by atoms with Crippen molar-refractivity contribution in [3.05, 3.63) is 64.7 Å². The largest absolute Gasteiger partial charge is 0.416 e. The highest BCUT2D eigenvalue weighted by atomic mass is 32.2. The van der Waals surface area contributed by atoms with Gasteiger partial charge in [-0.15, -0.1) is 0 Å². The van der Waals surface area contributed by atoms with E-state index in [4.69, 9.17) is 0 Å². The number of carbonyl (C=O) groups excluding carboxylic acids is 1. The van der Waals surface area contributed by atoms with E-state index in [-0.39, 0.29) is 12.3 Å². The second-order valence-corrected chi connectivity index (χ2v) is 13.4. The van der Waals surface area contributed by atoms with Crippen LogP contribution in [-0.2, 0) is 33.8 Å². The Kier molecular flexibility index (Phi) is 8.90. The zero-order chi connectivity index (χ0) is 28.4. The molecule has 0 unspecified atom stereocenters. The fraction of sp³-hybridized carbons (Fsp3) is 0.552. The molecule has 2 N–H and O–H groups in total. The Labute approximate surface area is 228 Å². The van der Waals surface area contributed by atoms with Crippen molar-refractivity contribution in [3.63, 3.8) is 0 Å². The first kappa shape index (κ1) is 29.7. The first-order valence-corrected chi connectivity index (χ1v) is 15.2. The third-order valence-corrected chi connectivity index (χ3v) is 9.91. The lowest BCUT2D eigenvalue weighted by atomic mass is 9.79. The Morgan fingerprint density at radius 2 is 1.77 bits per heavy atom. The average Bonchev–Trinajstić information content (AvgIpc) is 2.87. The van der Waals surface area contributed by atoms with Gasteiger partial charge in [0.25, 0.3) is 0 Å². The number of ketones is 1. The van der Waals surface area contributed by atoms with Gasteiger partial charge in [-0.2, -0.15) is 13.2 Å². The number of likely N-dealkylation sites (tertiary alicyclic amines) is 1. The van der Waals surface area contributed by atoms with Gasteiger partial charge in [-0.1, -0.05) is 18.2 Å². The zero-order valence-electron chi connectivity index (χ0n) is 22.2. The lowest BCUT2D eigenvalue weighted by molar-refractivity contribution is -0.926. The highest BCUT2D eigenvalue weighted by molar-refractivity contribution is 7.91. The van der Waals surface area contributed by atoms with Crippen LogP contribution in [0.4, 0.5) is 13.2 Å². The van der Waals surface area contributed by atoms with Crippen molar-refractivity contribution >= 4 is 15.6 Å². The summed E-state index contributed by atoms with van der Waals surface area (Å²) in [7, 11) is -2.10. The van der Waals surface area contributed by atoms with E-state index in [2.05, 4.69) is 25.2 Å². The number of halogens is 3. The molecule has 0 spiro atoms. The van der Waals surface area contributed by atoms with E-state index in [0.29, 0.717) is 6.07 Å². The summed E-state index contributed by atoms with van der Waals surface area (Å²) in [5.74, 6) is -1.91. The standard InChI is InChI=1S/C29H37F3NO5S/c1-33(13-3-2-4-14-33)18-20-11-12-25-21(15-20)7-5-8-22(25)16-26(34)28(36)27(35)19-39(37,38)24-10-6-9-23(17-24)29(30,31)32/h6,9-12,15,17,22,27-28,35-36H,2-5,7-8,13-14,16,18-19H2,1H3/q+1/t22-,27-,28+/m0/s1. The van der Waals surface area contributed by atoms with Gasteiger partial charge in [0.2, 0.25) is 0 Å². The van der Waals surface area contributed by atoms with E-state index in [1.165, 1.54) is 30.4 Å². The number of hydrogen-bond donors (Lipinski definition) is 2. The Hall–Kier alpha value is -2.27. The maximum atomic E-state index is 13.0. The maximum absolute atomic E-state index is 13.0. The first-order chi connectivity index (χ1) is 18.3. The van der Waals surface area contributed by atoms with Crippen LogP contribution in [0.25, 0.3) is 0 Å². The van der Waals surface area contributed by atoms with Crippen LogP contribution >= 0.6 is 0 Å². The van der Waals surface area contributed by atoms with E-state index in [1.807, 2.05) is 0 Å². The highest BCUT2D eigenvalue weighted by Gasteiger charge is 2.35. The number of hydrogen-bond acceptors (Lipinski definition) is 5. The number of rotatable bonds is 9. The highest BCUT2D eigenvalue weighted by Crippen LogP contribution is 2.36. The molecule has 1 heterocycles. The zero-order valence-corrected chi connectivity index (χ0v) is 23.0. The Bertz CT molecular complexity index is 1290. The van der Waals surface area contributed by atoms with Crippen LogP contribution in [0.2, 0.25) is 0 Å². The summed E-state index contributed by atoms with van der Waals surface area (Å²) in [4.78, 5) is 12.3. The number of quaternary nitrogens is 1. The molecule has 2 aliphatic rings. The topological polar surface area (TPSA) is 91.7 Å². The smallest absolute Gasteiger partial charge is 0.389 e. The van der Waals surface area contributed by atoms with Crippen LogP contribution in [-0.4, -0.2) is 67.0 Å². The molecule has 2 aromatic rings. The van der Waals surface area contributed by atoms with Gasteiger partial charge < -0.3 is 14.7 Å². The van der Waals surface area contributed by atoms with Crippen molar-refractivity contribution < 1.29 is 41.1 Å². The summed E-state index contributed by atoms with van der Waals surface area (Å²) in [5.41, 5.74) is 2.35. The Morgan fingerprint density at radius 3 is 2.46 bits per heavy atom.